The number of pyridine rings is 1. The minimum atomic E-state index is -0.580. The van der Waals surface area contributed by atoms with Crippen molar-refractivity contribution in [3.05, 3.63) is 106 Å². The van der Waals surface area contributed by atoms with Crippen molar-refractivity contribution in [1.82, 2.24) is 9.88 Å². The summed E-state index contributed by atoms with van der Waals surface area (Å²) in [5.41, 5.74) is 2.22. The summed E-state index contributed by atoms with van der Waals surface area (Å²) in [7, 11) is 1.59. The van der Waals surface area contributed by atoms with Gasteiger partial charge in [0.2, 0.25) is 5.76 Å². The van der Waals surface area contributed by atoms with E-state index in [1.807, 2.05) is 36.4 Å². The first-order valence-electron chi connectivity index (χ1n) is 9.57. The number of hydrogen-bond donors (Lipinski definition) is 0. The first-order valence-corrected chi connectivity index (χ1v) is 9.57. The molecular weight excluding hydrogens is 380 g/mol. The monoisotopic (exact) mass is 398 g/mol. The van der Waals surface area contributed by atoms with E-state index in [0.29, 0.717) is 28.8 Å². The second-order valence-electron chi connectivity index (χ2n) is 7.14. The predicted octanol–water partition coefficient (Wildman–Crippen LogP) is 3.94. The van der Waals surface area contributed by atoms with E-state index in [9.17, 15) is 9.59 Å². The van der Waals surface area contributed by atoms with Crippen LogP contribution in [0.2, 0.25) is 0 Å². The summed E-state index contributed by atoms with van der Waals surface area (Å²) in [6.45, 7) is 0.300. The van der Waals surface area contributed by atoms with Gasteiger partial charge in [-0.2, -0.15) is 0 Å². The molecule has 148 valence electrons. The van der Waals surface area contributed by atoms with Gasteiger partial charge >= 0.3 is 0 Å². The Labute approximate surface area is 172 Å². The van der Waals surface area contributed by atoms with Crippen LogP contribution in [-0.2, 0) is 6.54 Å². The number of carbonyl (C=O) groups excluding carboxylic acids is 1. The predicted molar refractivity (Wildman–Crippen MR) is 111 cm³/mol. The maximum Gasteiger partial charge on any atom is 0.291 e. The average Bonchev–Trinajstić information content (AvgIpc) is 3.06. The van der Waals surface area contributed by atoms with E-state index in [-0.39, 0.29) is 17.1 Å². The first kappa shape index (κ1) is 18.1. The van der Waals surface area contributed by atoms with Gasteiger partial charge in [0, 0.05) is 18.9 Å². The summed E-state index contributed by atoms with van der Waals surface area (Å²) >= 11 is 0. The lowest BCUT2D eigenvalue weighted by Gasteiger charge is -2.25. The maximum absolute atomic E-state index is 13.4. The number of amides is 1. The molecule has 0 unspecified atom stereocenters. The van der Waals surface area contributed by atoms with Gasteiger partial charge in [-0.25, -0.2) is 0 Å². The molecule has 1 amide bonds. The molecule has 0 bridgehead atoms. The van der Waals surface area contributed by atoms with Crippen molar-refractivity contribution >= 4 is 16.9 Å². The molecular formula is C24H18N2O4. The van der Waals surface area contributed by atoms with E-state index in [1.165, 1.54) is 0 Å². The Morgan fingerprint density at radius 3 is 2.73 bits per heavy atom. The van der Waals surface area contributed by atoms with Crippen LogP contribution in [0.15, 0.2) is 82.3 Å². The quantitative estimate of drug-likeness (QED) is 0.521. The van der Waals surface area contributed by atoms with Crippen LogP contribution in [0.4, 0.5) is 0 Å². The zero-order valence-corrected chi connectivity index (χ0v) is 16.2. The lowest BCUT2D eigenvalue weighted by Crippen LogP contribution is -2.29. The number of fused-ring (bicyclic) bond motifs is 2. The zero-order valence-electron chi connectivity index (χ0n) is 16.2. The molecule has 1 aliphatic heterocycles. The highest BCUT2D eigenvalue weighted by atomic mass is 16.5. The smallest absolute Gasteiger partial charge is 0.291 e. The fraction of sp³-hybridized carbons (Fsp3) is 0.125. The van der Waals surface area contributed by atoms with Crippen molar-refractivity contribution in [2.24, 2.45) is 0 Å². The number of para-hydroxylation sites is 1. The number of aromatic nitrogens is 1. The van der Waals surface area contributed by atoms with Crippen LogP contribution >= 0.6 is 0 Å². The van der Waals surface area contributed by atoms with Gasteiger partial charge in [-0.05, 0) is 41.5 Å². The van der Waals surface area contributed by atoms with Gasteiger partial charge in [0.1, 0.15) is 11.3 Å². The highest BCUT2D eigenvalue weighted by molar-refractivity contribution is 5.99. The Morgan fingerprint density at radius 1 is 1.07 bits per heavy atom. The van der Waals surface area contributed by atoms with Crippen LogP contribution < -0.4 is 10.2 Å². The molecule has 6 heteroatoms. The normalized spacial score (nSPS) is 15.4. The van der Waals surface area contributed by atoms with E-state index < -0.39 is 6.04 Å². The molecule has 0 saturated carbocycles. The summed E-state index contributed by atoms with van der Waals surface area (Å²) in [4.78, 5) is 32.6. The Balaban J connectivity index is 1.74. The Hall–Kier alpha value is -3.93. The minimum Gasteiger partial charge on any atom is -0.497 e. The second kappa shape index (κ2) is 7.15. The van der Waals surface area contributed by atoms with Gasteiger partial charge in [0.25, 0.3) is 5.91 Å². The molecule has 0 N–H and O–H groups in total. The Kier molecular flexibility index (Phi) is 4.32. The zero-order chi connectivity index (χ0) is 20.7. The summed E-state index contributed by atoms with van der Waals surface area (Å²) < 4.78 is 11.3. The van der Waals surface area contributed by atoms with Gasteiger partial charge in [-0.3, -0.25) is 14.6 Å². The molecule has 2 aromatic carbocycles. The van der Waals surface area contributed by atoms with E-state index in [1.54, 1.807) is 48.7 Å². The van der Waals surface area contributed by atoms with Gasteiger partial charge in [-0.1, -0.05) is 30.3 Å². The lowest BCUT2D eigenvalue weighted by molar-refractivity contribution is 0.0714. The third kappa shape index (κ3) is 2.85. The highest BCUT2D eigenvalue weighted by Crippen LogP contribution is 2.39. The fourth-order valence-electron chi connectivity index (χ4n) is 3.98. The van der Waals surface area contributed by atoms with Crippen molar-refractivity contribution in [2.75, 3.05) is 7.11 Å². The number of hydrogen-bond acceptors (Lipinski definition) is 5. The summed E-state index contributed by atoms with van der Waals surface area (Å²) in [5, 5.41) is 0.458. The number of carbonyl (C=O) groups is 1. The summed E-state index contributed by atoms with van der Waals surface area (Å²) in [6, 6.07) is 17.5. The van der Waals surface area contributed by atoms with Crippen LogP contribution in [0, 0.1) is 0 Å². The average molecular weight is 398 g/mol. The molecule has 3 heterocycles. The molecule has 0 radical (unpaired) electrons. The molecule has 5 rings (SSSR count). The van der Waals surface area contributed by atoms with Crippen LogP contribution in [0.5, 0.6) is 5.75 Å². The SMILES string of the molecule is COc1cccc([C@H]2c3c(oc4ccccc4c3=O)C(=O)N2Cc2cccnc2)c1. The lowest BCUT2D eigenvalue weighted by atomic mass is 9.98. The number of methoxy groups -OCH3 is 1. The maximum atomic E-state index is 13.4. The van der Waals surface area contributed by atoms with Crippen LogP contribution in [-0.4, -0.2) is 22.9 Å². The second-order valence-corrected chi connectivity index (χ2v) is 7.14. The number of benzene rings is 2. The molecule has 30 heavy (non-hydrogen) atoms. The third-order valence-corrected chi connectivity index (χ3v) is 5.36. The largest absolute Gasteiger partial charge is 0.497 e. The molecule has 0 saturated heterocycles. The summed E-state index contributed by atoms with van der Waals surface area (Å²) in [6.07, 6.45) is 3.39. The van der Waals surface area contributed by atoms with Crippen molar-refractivity contribution in [1.29, 1.82) is 0 Å². The summed E-state index contributed by atoms with van der Waals surface area (Å²) in [5.74, 6) is 0.430. The third-order valence-electron chi connectivity index (χ3n) is 5.36. The Morgan fingerprint density at radius 2 is 1.93 bits per heavy atom. The van der Waals surface area contributed by atoms with Crippen LogP contribution in [0.3, 0.4) is 0 Å². The molecule has 1 atom stereocenters. The van der Waals surface area contributed by atoms with Gasteiger partial charge in [0.05, 0.1) is 24.1 Å². The van der Waals surface area contributed by atoms with Crippen molar-refractivity contribution < 1.29 is 13.9 Å². The highest BCUT2D eigenvalue weighted by Gasteiger charge is 2.42. The van der Waals surface area contributed by atoms with Crippen LogP contribution in [0.1, 0.15) is 33.3 Å². The van der Waals surface area contributed by atoms with E-state index in [0.717, 1.165) is 11.1 Å². The van der Waals surface area contributed by atoms with E-state index >= 15 is 0 Å². The number of ether oxygens (including phenoxy) is 1. The molecule has 0 fully saturated rings. The molecule has 1 aliphatic rings. The fourth-order valence-corrected chi connectivity index (χ4v) is 3.98. The van der Waals surface area contributed by atoms with Crippen LogP contribution in [0.25, 0.3) is 11.0 Å². The molecule has 2 aromatic heterocycles. The van der Waals surface area contributed by atoms with Crippen molar-refractivity contribution in [3.8, 4) is 5.75 Å². The molecule has 4 aromatic rings. The Bertz CT molecular complexity index is 1310. The number of nitrogens with zero attached hydrogens (tertiary/aromatic N) is 2. The standard InChI is InChI=1S/C24H18N2O4/c1-29-17-8-4-7-16(12-17)21-20-22(27)18-9-2-3-10-19(18)30-23(20)24(28)26(21)14-15-6-5-11-25-13-15/h2-13,21H,14H2,1H3/t21-/m0/s1. The number of rotatable bonds is 4. The van der Waals surface area contributed by atoms with Crippen molar-refractivity contribution in [3.63, 3.8) is 0 Å². The van der Waals surface area contributed by atoms with E-state index in [4.69, 9.17) is 9.15 Å². The van der Waals surface area contributed by atoms with E-state index in [2.05, 4.69) is 4.98 Å². The topological polar surface area (TPSA) is 72.6 Å². The first-order chi connectivity index (χ1) is 14.7. The van der Waals surface area contributed by atoms with Gasteiger partial charge < -0.3 is 14.1 Å². The minimum absolute atomic E-state index is 0.0930. The molecule has 6 nitrogen and oxygen atoms in total. The van der Waals surface area contributed by atoms with Gasteiger partial charge in [0.15, 0.2) is 5.43 Å². The molecule has 0 spiro atoms. The molecule has 0 aliphatic carbocycles. The van der Waals surface area contributed by atoms with Gasteiger partial charge in [-0.15, -0.1) is 0 Å². The van der Waals surface area contributed by atoms with Crippen molar-refractivity contribution in [2.45, 2.75) is 12.6 Å².